The van der Waals surface area contributed by atoms with Crippen LogP contribution in [-0.4, -0.2) is 29.4 Å². The number of rotatable bonds is 7. The van der Waals surface area contributed by atoms with Gasteiger partial charge in [0.2, 0.25) is 5.91 Å². The summed E-state index contributed by atoms with van der Waals surface area (Å²) in [4.78, 5) is 39.7. The lowest BCUT2D eigenvalue weighted by Gasteiger charge is -2.15. The number of carbonyl (C=O) groups is 3. The van der Waals surface area contributed by atoms with Gasteiger partial charge in [-0.25, -0.2) is 4.79 Å². The van der Waals surface area contributed by atoms with E-state index in [9.17, 15) is 14.4 Å². The molecule has 1 aliphatic carbocycles. The van der Waals surface area contributed by atoms with Gasteiger partial charge in [-0.3, -0.25) is 9.59 Å². The van der Waals surface area contributed by atoms with Gasteiger partial charge in [-0.2, -0.15) is 0 Å². The molecule has 2 fully saturated rings. The van der Waals surface area contributed by atoms with E-state index < -0.39 is 5.97 Å². The number of hydrogen-bond donors (Lipinski definition) is 1. The molecule has 0 atom stereocenters. The second-order valence-electron chi connectivity index (χ2n) is 6.03. The SMILES string of the molecule is C=C1CCC(=O)N1OC(=O)CCCC(=O)NCC1CCCC1. The van der Waals surface area contributed by atoms with E-state index in [-0.39, 0.29) is 18.2 Å². The second-order valence-corrected chi connectivity index (χ2v) is 6.03. The Labute approximate surface area is 130 Å². The van der Waals surface area contributed by atoms with Crippen molar-refractivity contribution in [2.24, 2.45) is 5.92 Å². The van der Waals surface area contributed by atoms with Crippen molar-refractivity contribution >= 4 is 17.8 Å². The van der Waals surface area contributed by atoms with Crippen molar-refractivity contribution in [1.82, 2.24) is 10.4 Å². The summed E-state index contributed by atoms with van der Waals surface area (Å²) < 4.78 is 0. The Bertz CT molecular complexity index is 439. The highest BCUT2D eigenvalue weighted by atomic mass is 16.7. The van der Waals surface area contributed by atoms with E-state index in [0.717, 1.165) is 11.6 Å². The second kappa shape index (κ2) is 7.96. The molecular formula is C16H24N2O4. The van der Waals surface area contributed by atoms with Gasteiger partial charge in [-0.05, 0) is 31.6 Å². The summed E-state index contributed by atoms with van der Waals surface area (Å²) >= 11 is 0. The van der Waals surface area contributed by atoms with Crippen LogP contribution in [0.1, 0.15) is 57.8 Å². The number of carbonyl (C=O) groups excluding carboxylic acids is 3. The average molecular weight is 308 g/mol. The molecule has 2 rings (SSSR count). The maximum atomic E-state index is 11.7. The zero-order valence-electron chi connectivity index (χ0n) is 12.9. The Morgan fingerprint density at radius 2 is 1.95 bits per heavy atom. The van der Waals surface area contributed by atoms with E-state index in [1.54, 1.807) is 0 Å². The zero-order valence-corrected chi connectivity index (χ0v) is 12.9. The molecule has 1 heterocycles. The highest BCUT2D eigenvalue weighted by Gasteiger charge is 2.28. The Kier molecular flexibility index (Phi) is 5.98. The van der Waals surface area contributed by atoms with Gasteiger partial charge in [0.15, 0.2) is 0 Å². The smallest absolute Gasteiger partial charge is 0.333 e. The maximum absolute atomic E-state index is 11.7. The molecule has 0 aromatic rings. The van der Waals surface area contributed by atoms with Gasteiger partial charge in [-0.15, -0.1) is 5.06 Å². The van der Waals surface area contributed by atoms with Gasteiger partial charge in [0.05, 0.1) is 5.70 Å². The molecule has 22 heavy (non-hydrogen) atoms. The fraction of sp³-hybridized carbons (Fsp3) is 0.688. The van der Waals surface area contributed by atoms with Crippen LogP contribution in [0.25, 0.3) is 0 Å². The standard InChI is InChI=1S/C16H24N2O4/c1-12-9-10-15(20)18(12)22-16(21)8-4-7-14(19)17-11-13-5-2-3-6-13/h13H,1-11H2,(H,17,19). The van der Waals surface area contributed by atoms with E-state index in [1.807, 2.05) is 0 Å². The topological polar surface area (TPSA) is 75.7 Å². The lowest BCUT2D eigenvalue weighted by Crippen LogP contribution is -2.29. The summed E-state index contributed by atoms with van der Waals surface area (Å²) in [5.74, 6) is -0.157. The van der Waals surface area contributed by atoms with Crippen molar-refractivity contribution in [3.63, 3.8) is 0 Å². The Morgan fingerprint density at radius 1 is 1.23 bits per heavy atom. The highest BCUT2D eigenvalue weighted by Crippen LogP contribution is 2.23. The Balaban J connectivity index is 1.57. The van der Waals surface area contributed by atoms with Crippen molar-refractivity contribution in [3.05, 3.63) is 12.3 Å². The van der Waals surface area contributed by atoms with Crippen LogP contribution in [0.2, 0.25) is 0 Å². The van der Waals surface area contributed by atoms with Crippen LogP contribution in [0.3, 0.4) is 0 Å². The lowest BCUT2D eigenvalue weighted by molar-refractivity contribution is -0.186. The number of hydroxylamine groups is 2. The van der Waals surface area contributed by atoms with Crippen LogP contribution >= 0.6 is 0 Å². The minimum absolute atomic E-state index is 0.0265. The minimum Gasteiger partial charge on any atom is -0.356 e. The summed E-state index contributed by atoms with van der Waals surface area (Å²) in [6.07, 6.45) is 6.60. The van der Waals surface area contributed by atoms with Crippen LogP contribution in [0, 0.1) is 5.92 Å². The number of amides is 2. The zero-order chi connectivity index (χ0) is 15.9. The molecule has 0 unspecified atom stereocenters. The van der Waals surface area contributed by atoms with E-state index in [4.69, 9.17) is 4.84 Å². The molecular weight excluding hydrogens is 284 g/mol. The lowest BCUT2D eigenvalue weighted by atomic mass is 10.1. The third kappa shape index (κ3) is 4.86. The normalized spacial score (nSPS) is 18.8. The van der Waals surface area contributed by atoms with E-state index >= 15 is 0 Å². The van der Waals surface area contributed by atoms with Crippen molar-refractivity contribution in [3.8, 4) is 0 Å². The average Bonchev–Trinajstić information content (AvgIpc) is 3.10. The third-order valence-corrected chi connectivity index (χ3v) is 4.18. The van der Waals surface area contributed by atoms with Gasteiger partial charge in [0, 0.05) is 25.8 Å². The molecule has 122 valence electrons. The molecule has 0 spiro atoms. The van der Waals surface area contributed by atoms with Gasteiger partial charge in [-0.1, -0.05) is 19.4 Å². The monoisotopic (exact) mass is 308 g/mol. The molecule has 1 aliphatic heterocycles. The van der Waals surface area contributed by atoms with Crippen molar-refractivity contribution in [2.75, 3.05) is 6.54 Å². The van der Waals surface area contributed by atoms with Gasteiger partial charge >= 0.3 is 5.97 Å². The van der Waals surface area contributed by atoms with Crippen molar-refractivity contribution < 1.29 is 19.2 Å². The van der Waals surface area contributed by atoms with Gasteiger partial charge in [0.25, 0.3) is 5.91 Å². The molecule has 0 bridgehead atoms. The number of nitrogens with zero attached hydrogens (tertiary/aromatic N) is 1. The van der Waals surface area contributed by atoms with Crippen molar-refractivity contribution in [2.45, 2.75) is 57.8 Å². The van der Waals surface area contributed by atoms with Gasteiger partial charge < -0.3 is 10.2 Å². The van der Waals surface area contributed by atoms with Crippen LogP contribution < -0.4 is 5.32 Å². The summed E-state index contributed by atoms with van der Waals surface area (Å²) in [6, 6.07) is 0. The predicted octanol–water partition coefficient (Wildman–Crippen LogP) is 2.06. The summed E-state index contributed by atoms with van der Waals surface area (Å²) in [5, 5.41) is 3.89. The van der Waals surface area contributed by atoms with Crippen LogP contribution in [0.15, 0.2) is 12.3 Å². The van der Waals surface area contributed by atoms with Gasteiger partial charge in [0.1, 0.15) is 0 Å². The maximum Gasteiger partial charge on any atom is 0.333 e. The first-order valence-corrected chi connectivity index (χ1v) is 8.04. The molecule has 0 aromatic heterocycles. The molecule has 6 heteroatoms. The third-order valence-electron chi connectivity index (χ3n) is 4.18. The molecule has 0 aromatic carbocycles. The van der Waals surface area contributed by atoms with E-state index in [2.05, 4.69) is 11.9 Å². The number of allylic oxidation sites excluding steroid dienone is 1. The molecule has 6 nitrogen and oxygen atoms in total. The van der Waals surface area contributed by atoms with E-state index in [1.165, 1.54) is 25.7 Å². The Morgan fingerprint density at radius 3 is 2.59 bits per heavy atom. The first-order chi connectivity index (χ1) is 10.6. The van der Waals surface area contributed by atoms with Crippen LogP contribution in [0.4, 0.5) is 0 Å². The molecule has 2 aliphatic rings. The molecule has 1 saturated carbocycles. The van der Waals surface area contributed by atoms with E-state index in [0.29, 0.717) is 37.3 Å². The largest absolute Gasteiger partial charge is 0.356 e. The first-order valence-electron chi connectivity index (χ1n) is 8.04. The Hall–Kier alpha value is -1.85. The van der Waals surface area contributed by atoms with Crippen LogP contribution in [-0.2, 0) is 19.2 Å². The number of hydrogen-bond acceptors (Lipinski definition) is 4. The predicted molar refractivity (Wildman–Crippen MR) is 80.1 cm³/mol. The fourth-order valence-electron chi connectivity index (χ4n) is 2.85. The molecule has 2 amide bonds. The van der Waals surface area contributed by atoms with Crippen molar-refractivity contribution in [1.29, 1.82) is 0 Å². The van der Waals surface area contributed by atoms with Crippen LogP contribution in [0.5, 0.6) is 0 Å². The fourth-order valence-corrected chi connectivity index (χ4v) is 2.85. The quantitative estimate of drug-likeness (QED) is 0.781. The molecule has 1 N–H and O–H groups in total. The number of nitrogens with one attached hydrogen (secondary N) is 1. The molecule has 1 saturated heterocycles. The summed E-state index contributed by atoms with van der Waals surface area (Å²) in [6.45, 7) is 4.41. The first kappa shape index (κ1) is 16.5. The highest BCUT2D eigenvalue weighted by molar-refractivity contribution is 5.82. The summed E-state index contributed by atoms with van der Waals surface area (Å²) in [5.41, 5.74) is 0.507. The summed E-state index contributed by atoms with van der Waals surface area (Å²) in [7, 11) is 0. The minimum atomic E-state index is -0.500. The molecule has 0 radical (unpaired) electrons.